The second-order valence-corrected chi connectivity index (χ2v) is 6.01. The van der Waals surface area contributed by atoms with Gasteiger partial charge in [0.05, 0.1) is 16.4 Å². The highest BCUT2D eigenvalue weighted by molar-refractivity contribution is 6.31. The standard InChI is InChI=1S/C16H19ClN4O.ClH/c1-10-16(17)11(2)21(19-10)9-15(22)20-8-4-5-12-13(18)6-3-7-14(12)20;/h3,6-7H,4-5,8-9,18H2,1-2H3;1H. The minimum absolute atomic E-state index is 0. The van der Waals surface area contributed by atoms with Crippen molar-refractivity contribution in [2.45, 2.75) is 33.2 Å². The van der Waals surface area contributed by atoms with Crippen LogP contribution in [0.15, 0.2) is 18.2 Å². The van der Waals surface area contributed by atoms with E-state index in [9.17, 15) is 4.79 Å². The number of nitrogens with two attached hydrogens (primary N) is 1. The molecule has 0 radical (unpaired) electrons. The van der Waals surface area contributed by atoms with E-state index < -0.39 is 0 Å². The van der Waals surface area contributed by atoms with E-state index >= 15 is 0 Å². The summed E-state index contributed by atoms with van der Waals surface area (Å²) in [5.41, 5.74) is 10.3. The second-order valence-electron chi connectivity index (χ2n) is 5.64. The molecule has 1 aromatic carbocycles. The molecule has 7 heteroatoms. The van der Waals surface area contributed by atoms with Gasteiger partial charge in [0.25, 0.3) is 0 Å². The Bertz CT molecular complexity index is 742. The van der Waals surface area contributed by atoms with Crippen molar-refractivity contribution in [1.29, 1.82) is 0 Å². The lowest BCUT2D eigenvalue weighted by Gasteiger charge is -2.30. The van der Waals surface area contributed by atoms with Crippen LogP contribution in [-0.4, -0.2) is 22.2 Å². The molecule has 1 aliphatic heterocycles. The van der Waals surface area contributed by atoms with Gasteiger partial charge in [-0.2, -0.15) is 5.10 Å². The van der Waals surface area contributed by atoms with Crippen LogP contribution in [0.1, 0.15) is 23.4 Å². The number of aryl methyl sites for hydroxylation is 1. The lowest BCUT2D eigenvalue weighted by atomic mass is 10.00. The molecule has 1 amide bonds. The first-order valence-electron chi connectivity index (χ1n) is 7.36. The Morgan fingerprint density at radius 1 is 1.39 bits per heavy atom. The van der Waals surface area contributed by atoms with Crippen LogP contribution >= 0.6 is 24.0 Å². The zero-order valence-corrected chi connectivity index (χ0v) is 14.7. The number of rotatable bonds is 2. The normalized spacial score (nSPS) is 13.4. The third-order valence-corrected chi connectivity index (χ3v) is 4.71. The molecule has 0 saturated carbocycles. The number of amides is 1. The molecule has 1 aliphatic rings. The van der Waals surface area contributed by atoms with E-state index in [1.165, 1.54) is 0 Å². The molecule has 0 aliphatic carbocycles. The van der Waals surface area contributed by atoms with Crippen molar-refractivity contribution in [3.8, 4) is 0 Å². The fourth-order valence-electron chi connectivity index (χ4n) is 2.95. The Labute approximate surface area is 146 Å². The molecule has 0 unspecified atom stereocenters. The molecule has 2 heterocycles. The van der Waals surface area contributed by atoms with Crippen molar-refractivity contribution in [1.82, 2.24) is 9.78 Å². The van der Waals surface area contributed by atoms with Gasteiger partial charge in [-0.15, -0.1) is 12.4 Å². The number of nitrogen functional groups attached to an aromatic ring is 1. The first-order valence-corrected chi connectivity index (χ1v) is 7.74. The predicted octanol–water partition coefficient (Wildman–Crippen LogP) is 3.14. The molecule has 2 aromatic rings. The smallest absolute Gasteiger partial charge is 0.248 e. The summed E-state index contributed by atoms with van der Waals surface area (Å²) in [6.45, 7) is 4.61. The minimum atomic E-state index is 0. The number of nitrogens with zero attached hydrogens (tertiary/aromatic N) is 3. The van der Waals surface area contributed by atoms with Crippen LogP contribution < -0.4 is 10.6 Å². The fraction of sp³-hybridized carbons (Fsp3) is 0.375. The number of hydrogen-bond acceptors (Lipinski definition) is 3. The van der Waals surface area contributed by atoms with E-state index in [-0.39, 0.29) is 24.9 Å². The average Bonchev–Trinajstić information content (AvgIpc) is 2.74. The third kappa shape index (κ3) is 3.16. The number of fused-ring (bicyclic) bond motifs is 1. The number of carbonyl (C=O) groups is 1. The van der Waals surface area contributed by atoms with Gasteiger partial charge in [-0.1, -0.05) is 17.7 Å². The molecule has 5 nitrogen and oxygen atoms in total. The topological polar surface area (TPSA) is 64.2 Å². The highest BCUT2D eigenvalue weighted by Crippen LogP contribution is 2.31. The van der Waals surface area contributed by atoms with E-state index in [1.54, 1.807) is 9.58 Å². The number of halogens is 2. The summed E-state index contributed by atoms with van der Waals surface area (Å²) in [5.74, 6) is 0.00816. The number of anilines is 2. The lowest BCUT2D eigenvalue weighted by Crippen LogP contribution is -2.38. The Balaban J connectivity index is 0.00000192. The Morgan fingerprint density at radius 3 is 2.78 bits per heavy atom. The molecule has 0 fully saturated rings. The quantitative estimate of drug-likeness (QED) is 0.842. The monoisotopic (exact) mass is 354 g/mol. The van der Waals surface area contributed by atoms with E-state index in [0.717, 1.165) is 41.2 Å². The molecule has 0 saturated heterocycles. The van der Waals surface area contributed by atoms with E-state index in [0.29, 0.717) is 11.6 Å². The molecule has 0 spiro atoms. The average molecular weight is 355 g/mol. The molecular weight excluding hydrogens is 335 g/mol. The molecule has 1 aromatic heterocycles. The van der Waals surface area contributed by atoms with Gasteiger partial charge in [0, 0.05) is 17.9 Å². The number of carbonyl (C=O) groups excluding carboxylic acids is 1. The van der Waals surface area contributed by atoms with E-state index in [4.69, 9.17) is 17.3 Å². The number of hydrogen-bond donors (Lipinski definition) is 1. The van der Waals surface area contributed by atoms with Crippen LogP contribution in [0.5, 0.6) is 0 Å². The Morgan fingerprint density at radius 2 is 2.13 bits per heavy atom. The highest BCUT2D eigenvalue weighted by atomic mass is 35.5. The van der Waals surface area contributed by atoms with E-state index in [1.807, 2.05) is 32.0 Å². The molecular formula is C16H20Cl2N4O. The van der Waals surface area contributed by atoms with Crippen molar-refractivity contribution in [3.05, 3.63) is 40.2 Å². The molecule has 23 heavy (non-hydrogen) atoms. The highest BCUT2D eigenvalue weighted by Gasteiger charge is 2.24. The summed E-state index contributed by atoms with van der Waals surface area (Å²) in [5, 5.41) is 4.95. The molecule has 2 N–H and O–H groups in total. The molecule has 0 bridgehead atoms. The SMILES string of the molecule is Cc1nn(CC(=O)N2CCCc3c(N)cccc32)c(C)c1Cl.Cl. The van der Waals surface area contributed by atoms with Crippen LogP contribution in [0.2, 0.25) is 5.02 Å². The summed E-state index contributed by atoms with van der Waals surface area (Å²) >= 11 is 6.14. The Kier molecular flexibility index (Phi) is 5.22. The van der Waals surface area contributed by atoms with Gasteiger partial charge in [0.2, 0.25) is 5.91 Å². The van der Waals surface area contributed by atoms with Gasteiger partial charge in [-0.3, -0.25) is 9.48 Å². The first-order chi connectivity index (χ1) is 10.5. The van der Waals surface area contributed by atoms with Gasteiger partial charge < -0.3 is 10.6 Å². The molecule has 3 rings (SSSR count). The summed E-state index contributed by atoms with van der Waals surface area (Å²) in [4.78, 5) is 14.5. The van der Waals surface area contributed by atoms with Crippen LogP contribution in [0, 0.1) is 13.8 Å². The van der Waals surface area contributed by atoms with Crippen LogP contribution in [0.4, 0.5) is 11.4 Å². The zero-order valence-electron chi connectivity index (χ0n) is 13.2. The van der Waals surface area contributed by atoms with Crippen LogP contribution in [0.3, 0.4) is 0 Å². The van der Waals surface area contributed by atoms with E-state index in [2.05, 4.69) is 5.10 Å². The lowest BCUT2D eigenvalue weighted by molar-refractivity contribution is -0.119. The van der Waals surface area contributed by atoms with Crippen molar-refractivity contribution in [2.75, 3.05) is 17.2 Å². The Hall–Kier alpha value is -1.72. The van der Waals surface area contributed by atoms with Crippen molar-refractivity contribution < 1.29 is 4.79 Å². The number of aromatic nitrogens is 2. The van der Waals surface area contributed by atoms with Crippen LogP contribution in [-0.2, 0) is 17.8 Å². The van der Waals surface area contributed by atoms with Gasteiger partial charge in [0.15, 0.2) is 0 Å². The van der Waals surface area contributed by atoms with Gasteiger partial charge in [0.1, 0.15) is 6.54 Å². The maximum atomic E-state index is 12.7. The second kappa shape index (κ2) is 6.81. The van der Waals surface area contributed by atoms with Crippen molar-refractivity contribution in [3.63, 3.8) is 0 Å². The zero-order chi connectivity index (χ0) is 15.9. The third-order valence-electron chi connectivity index (χ3n) is 4.17. The maximum Gasteiger partial charge on any atom is 0.248 e. The van der Waals surface area contributed by atoms with Crippen LogP contribution in [0.25, 0.3) is 0 Å². The minimum Gasteiger partial charge on any atom is -0.398 e. The first kappa shape index (κ1) is 17.6. The number of benzene rings is 1. The summed E-state index contributed by atoms with van der Waals surface area (Å²) in [6, 6.07) is 5.73. The predicted molar refractivity (Wildman–Crippen MR) is 95.5 cm³/mol. The van der Waals surface area contributed by atoms with Gasteiger partial charge in [-0.05, 0) is 44.4 Å². The summed E-state index contributed by atoms with van der Waals surface area (Å²) in [6.07, 6.45) is 1.84. The largest absolute Gasteiger partial charge is 0.398 e. The van der Waals surface area contributed by atoms with Crippen molar-refractivity contribution in [2.24, 2.45) is 0 Å². The fourth-order valence-corrected chi connectivity index (χ4v) is 3.09. The summed E-state index contributed by atoms with van der Waals surface area (Å²) in [7, 11) is 0. The molecule has 0 atom stereocenters. The van der Waals surface area contributed by atoms with Crippen molar-refractivity contribution >= 4 is 41.3 Å². The molecule has 124 valence electrons. The van der Waals surface area contributed by atoms with Gasteiger partial charge >= 0.3 is 0 Å². The van der Waals surface area contributed by atoms with Gasteiger partial charge in [-0.25, -0.2) is 0 Å². The summed E-state index contributed by atoms with van der Waals surface area (Å²) < 4.78 is 1.67. The maximum absolute atomic E-state index is 12.7.